The molecule has 2 fully saturated rings. The highest BCUT2D eigenvalue weighted by Gasteiger charge is 2.42. The smallest absolute Gasteiger partial charge is 0.341 e. The van der Waals surface area contributed by atoms with E-state index in [9.17, 15) is 9.59 Å². The molecule has 0 spiro atoms. The van der Waals surface area contributed by atoms with Gasteiger partial charge in [0.15, 0.2) is 0 Å². The van der Waals surface area contributed by atoms with Crippen molar-refractivity contribution in [3.63, 3.8) is 0 Å². The van der Waals surface area contributed by atoms with E-state index in [2.05, 4.69) is 15.5 Å². The van der Waals surface area contributed by atoms with Gasteiger partial charge in [-0.25, -0.2) is 9.59 Å². The Morgan fingerprint density at radius 1 is 1.56 bits per heavy atom. The van der Waals surface area contributed by atoms with Crippen LogP contribution in [-0.2, 0) is 9.63 Å². The lowest BCUT2D eigenvalue weighted by Gasteiger charge is -2.17. The van der Waals surface area contributed by atoms with E-state index in [4.69, 9.17) is 11.6 Å². The van der Waals surface area contributed by atoms with Gasteiger partial charge in [-0.2, -0.15) is 17.7 Å². The molecule has 8 heteroatoms. The van der Waals surface area contributed by atoms with Crippen LogP contribution in [0.4, 0.5) is 4.79 Å². The molecule has 1 unspecified atom stereocenters. The zero-order valence-corrected chi connectivity index (χ0v) is 10.7. The Labute approximate surface area is 109 Å². The number of rotatable bonds is 5. The molecule has 102 valence electrons. The third kappa shape index (κ3) is 2.88. The monoisotopic (exact) mass is 274 g/mol. The SMILES string of the molecule is NOC(=O)C(N)CCC[C@@H]1SC[C@@H]2NC(=O)N[C@@H]21. The molecule has 6 N–H and O–H groups in total. The second-order valence-corrected chi connectivity index (χ2v) is 5.87. The van der Waals surface area contributed by atoms with E-state index in [1.165, 1.54) is 0 Å². The number of carbonyl (C=O) groups is 2. The van der Waals surface area contributed by atoms with Crippen LogP contribution in [0.2, 0.25) is 0 Å². The Kier molecular flexibility index (Phi) is 4.31. The number of hydrogen-bond acceptors (Lipinski definition) is 6. The molecule has 2 saturated heterocycles. The molecule has 18 heavy (non-hydrogen) atoms. The van der Waals surface area contributed by atoms with Crippen LogP contribution in [0.5, 0.6) is 0 Å². The fourth-order valence-electron chi connectivity index (χ4n) is 2.39. The number of fused-ring (bicyclic) bond motifs is 1. The van der Waals surface area contributed by atoms with Crippen molar-refractivity contribution in [2.24, 2.45) is 11.6 Å². The summed E-state index contributed by atoms with van der Waals surface area (Å²) in [6.07, 6.45) is 2.28. The lowest BCUT2D eigenvalue weighted by molar-refractivity contribution is -0.145. The summed E-state index contributed by atoms with van der Waals surface area (Å²) in [6.45, 7) is 0. The first kappa shape index (κ1) is 13.4. The maximum Gasteiger partial charge on any atom is 0.341 e. The zero-order valence-electron chi connectivity index (χ0n) is 9.93. The minimum absolute atomic E-state index is 0.0845. The van der Waals surface area contributed by atoms with Crippen molar-refractivity contribution < 1.29 is 14.4 Å². The highest BCUT2D eigenvalue weighted by atomic mass is 32.2. The first-order valence-corrected chi connectivity index (χ1v) is 7.01. The molecule has 2 aliphatic heterocycles. The van der Waals surface area contributed by atoms with Crippen molar-refractivity contribution in [1.29, 1.82) is 0 Å². The summed E-state index contributed by atoms with van der Waals surface area (Å²) in [4.78, 5) is 26.3. The van der Waals surface area contributed by atoms with Crippen molar-refractivity contribution >= 4 is 23.8 Å². The van der Waals surface area contributed by atoms with Gasteiger partial charge in [0, 0.05) is 11.0 Å². The van der Waals surface area contributed by atoms with E-state index < -0.39 is 12.0 Å². The van der Waals surface area contributed by atoms with Crippen LogP contribution in [0, 0.1) is 0 Å². The Bertz CT molecular complexity index is 341. The number of nitrogens with two attached hydrogens (primary N) is 2. The number of thioether (sulfide) groups is 1. The summed E-state index contributed by atoms with van der Waals surface area (Å²) >= 11 is 1.84. The number of hydrogen-bond donors (Lipinski definition) is 4. The molecular weight excluding hydrogens is 256 g/mol. The van der Waals surface area contributed by atoms with Crippen LogP contribution in [0.25, 0.3) is 0 Å². The number of amides is 2. The van der Waals surface area contributed by atoms with E-state index in [0.29, 0.717) is 11.7 Å². The Morgan fingerprint density at radius 3 is 3.06 bits per heavy atom. The van der Waals surface area contributed by atoms with Gasteiger partial charge in [-0.05, 0) is 12.8 Å². The van der Waals surface area contributed by atoms with Gasteiger partial charge in [-0.15, -0.1) is 0 Å². The fraction of sp³-hybridized carbons (Fsp3) is 0.800. The van der Waals surface area contributed by atoms with Crippen molar-refractivity contribution in [2.75, 3.05) is 5.75 Å². The summed E-state index contributed by atoms with van der Waals surface area (Å²) < 4.78 is 0. The zero-order chi connectivity index (χ0) is 13.1. The Balaban J connectivity index is 1.71. The molecule has 0 aromatic rings. The van der Waals surface area contributed by atoms with Crippen LogP contribution < -0.4 is 22.3 Å². The second-order valence-electron chi connectivity index (χ2n) is 4.60. The van der Waals surface area contributed by atoms with Gasteiger partial charge >= 0.3 is 12.0 Å². The van der Waals surface area contributed by atoms with E-state index in [1.807, 2.05) is 11.8 Å². The van der Waals surface area contributed by atoms with Gasteiger partial charge < -0.3 is 21.2 Å². The summed E-state index contributed by atoms with van der Waals surface area (Å²) in [5.74, 6) is 5.12. The molecule has 0 bridgehead atoms. The van der Waals surface area contributed by atoms with E-state index in [1.54, 1.807) is 0 Å². The predicted octanol–water partition coefficient (Wildman–Crippen LogP) is -0.934. The Morgan fingerprint density at radius 2 is 2.33 bits per heavy atom. The fourth-order valence-corrected chi connectivity index (χ4v) is 3.93. The normalized spacial score (nSPS) is 31.4. The van der Waals surface area contributed by atoms with Crippen molar-refractivity contribution in [3.05, 3.63) is 0 Å². The molecule has 0 aromatic heterocycles. The molecule has 0 aliphatic carbocycles. The summed E-state index contributed by atoms with van der Waals surface area (Å²) in [7, 11) is 0. The predicted molar refractivity (Wildman–Crippen MR) is 67.6 cm³/mol. The summed E-state index contributed by atoms with van der Waals surface area (Å²) in [5, 5.41) is 6.19. The maximum atomic E-state index is 11.2. The molecule has 0 aromatic carbocycles. The minimum Gasteiger partial charge on any atom is -0.372 e. The minimum atomic E-state index is -0.659. The molecule has 7 nitrogen and oxygen atoms in total. The molecule has 0 radical (unpaired) electrons. The van der Waals surface area contributed by atoms with Gasteiger partial charge in [-0.1, -0.05) is 6.42 Å². The topological polar surface area (TPSA) is 119 Å². The van der Waals surface area contributed by atoms with Crippen LogP contribution >= 0.6 is 11.8 Å². The van der Waals surface area contributed by atoms with Gasteiger partial charge in [0.05, 0.1) is 12.1 Å². The number of urea groups is 1. The summed E-state index contributed by atoms with van der Waals surface area (Å²) in [6, 6.07) is -0.317. The molecular formula is C10H18N4O3S. The highest BCUT2D eigenvalue weighted by Crippen LogP contribution is 2.33. The number of nitrogens with one attached hydrogen (secondary N) is 2. The van der Waals surface area contributed by atoms with Gasteiger partial charge in [0.1, 0.15) is 6.04 Å². The molecule has 2 amide bonds. The number of carbonyl (C=O) groups excluding carboxylic acids is 2. The molecule has 2 heterocycles. The van der Waals surface area contributed by atoms with Crippen molar-refractivity contribution in [2.45, 2.75) is 42.6 Å². The second kappa shape index (κ2) is 5.77. The van der Waals surface area contributed by atoms with E-state index in [-0.39, 0.29) is 18.1 Å². The van der Waals surface area contributed by atoms with Gasteiger partial charge in [0.2, 0.25) is 0 Å². The first-order valence-electron chi connectivity index (χ1n) is 5.96. The standard InChI is InChI=1S/C10H18N4O3S/c11-5(9(15)17-12)2-1-3-7-8-6(4-18-7)13-10(16)14-8/h5-8H,1-4,11-12H2,(H2,13,14,16)/t5?,6-,7-,8-/m0/s1. The molecule has 4 atom stereocenters. The molecule has 0 saturated carbocycles. The van der Waals surface area contributed by atoms with Gasteiger partial charge in [-0.3, -0.25) is 0 Å². The van der Waals surface area contributed by atoms with E-state index in [0.717, 1.165) is 18.6 Å². The average molecular weight is 274 g/mol. The Hall–Kier alpha value is -0.990. The maximum absolute atomic E-state index is 11.2. The van der Waals surface area contributed by atoms with Crippen LogP contribution in [-0.4, -0.2) is 41.1 Å². The molecule has 2 rings (SSSR count). The van der Waals surface area contributed by atoms with Crippen molar-refractivity contribution in [3.8, 4) is 0 Å². The van der Waals surface area contributed by atoms with Crippen LogP contribution in [0.15, 0.2) is 0 Å². The van der Waals surface area contributed by atoms with Crippen molar-refractivity contribution in [1.82, 2.24) is 10.6 Å². The van der Waals surface area contributed by atoms with Crippen LogP contribution in [0.1, 0.15) is 19.3 Å². The summed E-state index contributed by atoms with van der Waals surface area (Å²) in [5.41, 5.74) is 5.60. The first-order chi connectivity index (χ1) is 8.61. The highest BCUT2D eigenvalue weighted by molar-refractivity contribution is 8.00. The van der Waals surface area contributed by atoms with Gasteiger partial charge in [0.25, 0.3) is 0 Å². The largest absolute Gasteiger partial charge is 0.372 e. The lowest BCUT2D eigenvalue weighted by atomic mass is 10.0. The molecule has 2 aliphatic rings. The van der Waals surface area contributed by atoms with E-state index >= 15 is 0 Å². The average Bonchev–Trinajstić information content (AvgIpc) is 2.88. The third-order valence-electron chi connectivity index (χ3n) is 3.36. The lowest BCUT2D eigenvalue weighted by Crippen LogP contribution is -2.37. The third-order valence-corrected chi connectivity index (χ3v) is 4.87. The van der Waals surface area contributed by atoms with Crippen LogP contribution in [0.3, 0.4) is 0 Å². The quantitative estimate of drug-likeness (QED) is 0.380.